The van der Waals surface area contributed by atoms with Gasteiger partial charge in [-0.25, -0.2) is 0 Å². The van der Waals surface area contributed by atoms with Gasteiger partial charge in [0.1, 0.15) is 23.9 Å². The maximum absolute atomic E-state index is 10.6. The van der Waals surface area contributed by atoms with Crippen molar-refractivity contribution < 1.29 is 14.3 Å². The Hall–Kier alpha value is -2.14. The van der Waals surface area contributed by atoms with Crippen LogP contribution in [0, 0.1) is 0 Å². The van der Waals surface area contributed by atoms with Crippen LogP contribution in [0.4, 0.5) is 4.79 Å². The highest BCUT2D eigenvalue weighted by Crippen LogP contribution is 2.23. The summed E-state index contributed by atoms with van der Waals surface area (Å²) in [6.45, 7) is 0.815. The van der Waals surface area contributed by atoms with Gasteiger partial charge in [-0.05, 0) is 36.4 Å². The molecule has 2 aromatic rings. The second-order valence-electron chi connectivity index (χ2n) is 3.97. The Kier molecular flexibility index (Phi) is 5.32. The zero-order valence-electron chi connectivity index (χ0n) is 10.8. The van der Waals surface area contributed by atoms with E-state index in [9.17, 15) is 4.79 Å². The lowest BCUT2D eigenvalue weighted by atomic mass is 10.3. The van der Waals surface area contributed by atoms with E-state index in [1.807, 2.05) is 54.6 Å². The van der Waals surface area contributed by atoms with Crippen molar-refractivity contribution in [1.82, 2.24) is 5.32 Å². The summed E-state index contributed by atoms with van der Waals surface area (Å²) >= 11 is 3.60. The molecule has 0 aliphatic heterocycles. The molecular weight excluding hydrogens is 274 g/mol. The van der Waals surface area contributed by atoms with Crippen LogP contribution >= 0.6 is 12.6 Å². The van der Waals surface area contributed by atoms with E-state index >= 15 is 0 Å². The van der Waals surface area contributed by atoms with E-state index < -0.39 is 0 Å². The molecule has 5 heteroatoms. The Morgan fingerprint density at radius 3 is 2.20 bits per heavy atom. The highest BCUT2D eigenvalue weighted by Gasteiger charge is 1.98. The molecule has 0 saturated carbocycles. The van der Waals surface area contributed by atoms with E-state index in [1.54, 1.807) is 0 Å². The molecular formula is C15H15NO3S. The van der Waals surface area contributed by atoms with E-state index in [0.717, 1.165) is 17.2 Å². The molecule has 2 rings (SSSR count). The number of carbonyl (C=O) groups is 1. The molecule has 1 N–H and O–H groups in total. The molecule has 0 saturated heterocycles. The molecule has 4 nitrogen and oxygen atoms in total. The van der Waals surface area contributed by atoms with Gasteiger partial charge in [0, 0.05) is 0 Å². The maximum Gasteiger partial charge on any atom is 0.276 e. The van der Waals surface area contributed by atoms with Gasteiger partial charge in [0.05, 0.1) is 6.54 Å². The number of carbonyl (C=O) groups excluding carboxylic acids is 1. The van der Waals surface area contributed by atoms with Gasteiger partial charge in [-0.15, -0.1) is 0 Å². The van der Waals surface area contributed by atoms with Gasteiger partial charge >= 0.3 is 0 Å². The standard InChI is InChI=1S/C15H15NO3S/c17-15(20)16-10-11-18-12-6-8-14(9-7-12)19-13-4-2-1-3-5-13/h1-9H,10-11H2,(H2,16,17,20). The second-order valence-corrected chi connectivity index (χ2v) is 4.37. The average molecular weight is 289 g/mol. The van der Waals surface area contributed by atoms with Gasteiger partial charge in [-0.1, -0.05) is 30.8 Å². The normalized spacial score (nSPS) is 9.85. The SMILES string of the molecule is O=C(S)NCCOc1ccc(Oc2ccccc2)cc1. The number of ether oxygens (including phenoxy) is 2. The van der Waals surface area contributed by atoms with Gasteiger partial charge < -0.3 is 14.8 Å². The van der Waals surface area contributed by atoms with Crippen molar-refractivity contribution in [2.45, 2.75) is 0 Å². The van der Waals surface area contributed by atoms with Crippen molar-refractivity contribution in [2.24, 2.45) is 0 Å². The molecule has 1 amide bonds. The zero-order chi connectivity index (χ0) is 14.2. The van der Waals surface area contributed by atoms with Crippen LogP contribution in [-0.4, -0.2) is 18.4 Å². The average Bonchev–Trinajstić information content (AvgIpc) is 2.46. The monoisotopic (exact) mass is 289 g/mol. The lowest BCUT2D eigenvalue weighted by molar-refractivity contribution is 0.256. The predicted molar refractivity (Wildman–Crippen MR) is 80.8 cm³/mol. The largest absolute Gasteiger partial charge is 0.492 e. The maximum atomic E-state index is 10.6. The first-order chi connectivity index (χ1) is 9.74. The Balaban J connectivity index is 1.82. The van der Waals surface area contributed by atoms with Crippen LogP contribution in [0.25, 0.3) is 0 Å². The zero-order valence-corrected chi connectivity index (χ0v) is 11.7. The van der Waals surface area contributed by atoms with Crippen LogP contribution in [0.2, 0.25) is 0 Å². The summed E-state index contributed by atoms with van der Waals surface area (Å²) < 4.78 is 11.1. The summed E-state index contributed by atoms with van der Waals surface area (Å²) in [6.07, 6.45) is 0. The number of para-hydroxylation sites is 1. The van der Waals surface area contributed by atoms with Crippen molar-refractivity contribution in [3.63, 3.8) is 0 Å². The molecule has 0 bridgehead atoms. The van der Waals surface area contributed by atoms with Gasteiger partial charge in [0.2, 0.25) is 0 Å². The molecule has 0 unspecified atom stereocenters. The van der Waals surface area contributed by atoms with Crippen LogP contribution in [0.1, 0.15) is 0 Å². The van der Waals surface area contributed by atoms with Crippen molar-refractivity contribution in [1.29, 1.82) is 0 Å². The van der Waals surface area contributed by atoms with Crippen molar-refractivity contribution in [2.75, 3.05) is 13.2 Å². The quantitative estimate of drug-likeness (QED) is 0.632. The lowest BCUT2D eigenvalue weighted by Crippen LogP contribution is -2.22. The number of hydrogen-bond acceptors (Lipinski definition) is 3. The topological polar surface area (TPSA) is 47.6 Å². The minimum atomic E-state index is -0.361. The predicted octanol–water partition coefficient (Wildman–Crippen LogP) is 3.50. The van der Waals surface area contributed by atoms with E-state index in [2.05, 4.69) is 17.9 Å². The summed E-state index contributed by atoms with van der Waals surface area (Å²) in [5.41, 5.74) is 0. The van der Waals surface area contributed by atoms with E-state index in [-0.39, 0.29) is 5.24 Å². The molecule has 0 atom stereocenters. The smallest absolute Gasteiger partial charge is 0.276 e. The fourth-order valence-corrected chi connectivity index (χ4v) is 1.67. The van der Waals surface area contributed by atoms with Gasteiger partial charge in [0.25, 0.3) is 5.24 Å². The molecule has 0 aliphatic carbocycles. The van der Waals surface area contributed by atoms with Gasteiger partial charge in [-0.2, -0.15) is 0 Å². The fraction of sp³-hybridized carbons (Fsp3) is 0.133. The summed E-state index contributed by atoms with van der Waals surface area (Å²) in [4.78, 5) is 10.6. The first-order valence-electron chi connectivity index (χ1n) is 6.16. The number of amides is 1. The third-order valence-corrected chi connectivity index (χ3v) is 2.61. The van der Waals surface area contributed by atoms with Crippen LogP contribution < -0.4 is 14.8 Å². The summed E-state index contributed by atoms with van der Waals surface area (Å²) in [7, 11) is 0. The first kappa shape index (κ1) is 14.3. The van der Waals surface area contributed by atoms with Gasteiger partial charge in [0.15, 0.2) is 0 Å². The molecule has 0 heterocycles. The van der Waals surface area contributed by atoms with Crippen LogP contribution in [0.15, 0.2) is 54.6 Å². The number of rotatable bonds is 6. The second kappa shape index (κ2) is 7.45. The Morgan fingerprint density at radius 2 is 1.55 bits per heavy atom. The van der Waals surface area contributed by atoms with Crippen molar-refractivity contribution in [3.8, 4) is 17.2 Å². The van der Waals surface area contributed by atoms with Crippen molar-refractivity contribution in [3.05, 3.63) is 54.6 Å². The third-order valence-electron chi connectivity index (χ3n) is 2.45. The summed E-state index contributed by atoms with van der Waals surface area (Å²) in [5.74, 6) is 2.25. The van der Waals surface area contributed by atoms with E-state index in [1.165, 1.54) is 0 Å². The van der Waals surface area contributed by atoms with Gasteiger partial charge in [-0.3, -0.25) is 4.79 Å². The lowest BCUT2D eigenvalue weighted by Gasteiger charge is -2.08. The molecule has 0 radical (unpaired) electrons. The molecule has 2 aromatic carbocycles. The third kappa shape index (κ3) is 4.85. The number of hydrogen-bond donors (Lipinski definition) is 2. The Labute approximate surface area is 123 Å². The summed E-state index contributed by atoms with van der Waals surface area (Å²) in [5, 5.41) is 2.17. The molecule has 0 fully saturated rings. The van der Waals surface area contributed by atoms with Crippen LogP contribution in [0.5, 0.6) is 17.2 Å². The number of nitrogens with one attached hydrogen (secondary N) is 1. The molecule has 20 heavy (non-hydrogen) atoms. The molecule has 0 aliphatic rings. The fourth-order valence-electron chi connectivity index (χ4n) is 1.56. The first-order valence-corrected chi connectivity index (χ1v) is 6.61. The Bertz CT molecular complexity index is 543. The van der Waals surface area contributed by atoms with E-state index in [0.29, 0.717) is 13.2 Å². The van der Waals surface area contributed by atoms with Crippen LogP contribution in [-0.2, 0) is 0 Å². The minimum Gasteiger partial charge on any atom is -0.492 e. The highest BCUT2D eigenvalue weighted by molar-refractivity contribution is 7.96. The molecule has 104 valence electrons. The summed E-state index contributed by atoms with van der Waals surface area (Å²) in [6, 6.07) is 16.9. The van der Waals surface area contributed by atoms with E-state index in [4.69, 9.17) is 9.47 Å². The molecule has 0 aromatic heterocycles. The minimum absolute atomic E-state index is 0.361. The number of benzene rings is 2. The van der Waals surface area contributed by atoms with Crippen molar-refractivity contribution >= 4 is 17.9 Å². The van der Waals surface area contributed by atoms with Crippen LogP contribution in [0.3, 0.4) is 0 Å². The molecule has 0 spiro atoms. The number of thiol groups is 1. The highest BCUT2D eigenvalue weighted by atomic mass is 32.1. The Morgan fingerprint density at radius 1 is 0.950 bits per heavy atom.